The van der Waals surface area contributed by atoms with Gasteiger partial charge < -0.3 is 20.1 Å². The van der Waals surface area contributed by atoms with E-state index in [1.54, 1.807) is 14.2 Å². The molecule has 1 aromatic carbocycles. The van der Waals surface area contributed by atoms with Crippen molar-refractivity contribution < 1.29 is 9.47 Å². The van der Waals surface area contributed by atoms with Gasteiger partial charge in [-0.25, -0.2) is 0 Å². The van der Waals surface area contributed by atoms with E-state index in [9.17, 15) is 0 Å². The number of hydrogen-bond acceptors (Lipinski definition) is 5. The molecular formula is C24H32N6O2. The van der Waals surface area contributed by atoms with Crippen molar-refractivity contribution in [1.82, 2.24) is 25.2 Å². The van der Waals surface area contributed by atoms with Crippen LogP contribution in [-0.2, 0) is 13.0 Å². The number of para-hydroxylation sites is 1. The molecule has 0 bridgehead atoms. The number of nitrogens with zero attached hydrogens (tertiary/aromatic N) is 4. The van der Waals surface area contributed by atoms with Crippen molar-refractivity contribution in [2.24, 2.45) is 4.99 Å². The maximum Gasteiger partial charge on any atom is 0.191 e. The zero-order valence-corrected chi connectivity index (χ0v) is 18.9. The van der Waals surface area contributed by atoms with Gasteiger partial charge in [0, 0.05) is 38.3 Å². The van der Waals surface area contributed by atoms with Gasteiger partial charge in [-0.05, 0) is 50.3 Å². The third-order valence-electron chi connectivity index (χ3n) is 5.79. The van der Waals surface area contributed by atoms with Crippen molar-refractivity contribution in [1.29, 1.82) is 0 Å². The van der Waals surface area contributed by atoms with Crippen LogP contribution in [0.3, 0.4) is 0 Å². The highest BCUT2D eigenvalue weighted by Gasteiger charge is 2.20. The summed E-state index contributed by atoms with van der Waals surface area (Å²) in [4.78, 5) is 4.35. The molecule has 32 heavy (non-hydrogen) atoms. The second kappa shape index (κ2) is 10.8. The molecule has 1 aliphatic carbocycles. The summed E-state index contributed by atoms with van der Waals surface area (Å²) in [5, 5.41) is 15.3. The zero-order valence-electron chi connectivity index (χ0n) is 18.9. The van der Waals surface area contributed by atoms with Crippen molar-refractivity contribution in [3.63, 3.8) is 0 Å². The lowest BCUT2D eigenvalue weighted by Crippen LogP contribution is -2.37. The molecule has 170 valence electrons. The van der Waals surface area contributed by atoms with Gasteiger partial charge in [0.15, 0.2) is 23.1 Å². The summed E-state index contributed by atoms with van der Waals surface area (Å²) in [6.45, 7) is 1.39. The van der Waals surface area contributed by atoms with Gasteiger partial charge in [-0.2, -0.15) is 0 Å². The molecule has 1 fully saturated rings. The third kappa shape index (κ3) is 5.30. The number of aliphatic imine (C=N–C) groups is 1. The summed E-state index contributed by atoms with van der Waals surface area (Å²) in [6, 6.07) is 11.9. The lowest BCUT2D eigenvalue weighted by atomic mass is 10.1. The Hall–Kier alpha value is -3.29. The molecule has 4 rings (SSSR count). The zero-order chi connectivity index (χ0) is 22.2. The smallest absolute Gasteiger partial charge is 0.191 e. The summed E-state index contributed by atoms with van der Waals surface area (Å²) in [5.74, 6) is 3.34. The first-order valence-electron chi connectivity index (χ1n) is 11.3. The Morgan fingerprint density at radius 1 is 1.12 bits per heavy atom. The Kier molecular flexibility index (Phi) is 7.42. The van der Waals surface area contributed by atoms with Gasteiger partial charge in [0.2, 0.25) is 0 Å². The van der Waals surface area contributed by atoms with Gasteiger partial charge >= 0.3 is 0 Å². The topological polar surface area (TPSA) is 85.1 Å². The van der Waals surface area contributed by atoms with E-state index in [1.807, 2.05) is 40.9 Å². The molecule has 1 aliphatic rings. The Labute approximate surface area is 189 Å². The van der Waals surface area contributed by atoms with Crippen LogP contribution in [0, 0.1) is 0 Å². The van der Waals surface area contributed by atoms with E-state index in [0.29, 0.717) is 6.54 Å². The summed E-state index contributed by atoms with van der Waals surface area (Å²) in [5.41, 5.74) is 1.94. The average molecular weight is 437 g/mol. The monoisotopic (exact) mass is 436 g/mol. The van der Waals surface area contributed by atoms with Crippen molar-refractivity contribution in [2.45, 2.75) is 51.2 Å². The number of pyridine rings is 1. The van der Waals surface area contributed by atoms with Crippen LogP contribution in [0.4, 0.5) is 0 Å². The summed E-state index contributed by atoms with van der Waals surface area (Å²) >= 11 is 0. The van der Waals surface area contributed by atoms with Gasteiger partial charge in [0.1, 0.15) is 5.82 Å². The number of rotatable bonds is 9. The Balaban J connectivity index is 1.29. The summed E-state index contributed by atoms with van der Waals surface area (Å²) in [6.07, 6.45) is 8.71. The van der Waals surface area contributed by atoms with Crippen LogP contribution in [0.15, 0.2) is 47.6 Å². The van der Waals surface area contributed by atoms with E-state index in [4.69, 9.17) is 9.47 Å². The molecule has 0 radical (unpaired) electrons. The van der Waals surface area contributed by atoms with Crippen LogP contribution >= 0.6 is 0 Å². The van der Waals surface area contributed by atoms with E-state index in [0.717, 1.165) is 66.7 Å². The van der Waals surface area contributed by atoms with Crippen LogP contribution in [0.2, 0.25) is 0 Å². The SMILES string of the molecule is CN=C(NCCCc1nnc2ccccn12)NCc1cccc(OC)c1OC1CCCC1. The van der Waals surface area contributed by atoms with Crippen molar-refractivity contribution >= 4 is 11.6 Å². The van der Waals surface area contributed by atoms with E-state index >= 15 is 0 Å². The summed E-state index contributed by atoms with van der Waals surface area (Å²) < 4.78 is 13.9. The number of fused-ring (bicyclic) bond motifs is 1. The minimum atomic E-state index is 0.274. The lowest BCUT2D eigenvalue weighted by Gasteiger charge is -2.20. The number of methoxy groups -OCH3 is 1. The number of nitrogens with one attached hydrogen (secondary N) is 2. The van der Waals surface area contributed by atoms with Gasteiger partial charge in [-0.3, -0.25) is 9.39 Å². The van der Waals surface area contributed by atoms with Gasteiger partial charge in [-0.1, -0.05) is 18.2 Å². The molecule has 3 aromatic rings. The normalized spacial score (nSPS) is 14.6. The average Bonchev–Trinajstić information content (AvgIpc) is 3.49. The fourth-order valence-corrected chi connectivity index (χ4v) is 4.08. The third-order valence-corrected chi connectivity index (χ3v) is 5.79. The van der Waals surface area contributed by atoms with Crippen LogP contribution in [0.1, 0.15) is 43.5 Å². The van der Waals surface area contributed by atoms with Gasteiger partial charge in [0.25, 0.3) is 0 Å². The maximum absolute atomic E-state index is 6.33. The second-order valence-corrected chi connectivity index (χ2v) is 7.97. The first kappa shape index (κ1) is 21.9. The molecule has 0 atom stereocenters. The summed E-state index contributed by atoms with van der Waals surface area (Å²) in [7, 11) is 3.47. The number of guanidine groups is 1. The number of ether oxygens (including phenoxy) is 2. The molecule has 2 heterocycles. The molecule has 2 N–H and O–H groups in total. The Morgan fingerprint density at radius 2 is 2.00 bits per heavy atom. The fourth-order valence-electron chi connectivity index (χ4n) is 4.08. The van der Waals surface area contributed by atoms with E-state index < -0.39 is 0 Å². The number of hydrogen-bond donors (Lipinski definition) is 2. The Morgan fingerprint density at radius 3 is 2.81 bits per heavy atom. The maximum atomic E-state index is 6.33. The molecule has 0 unspecified atom stereocenters. The molecule has 0 aliphatic heterocycles. The number of aryl methyl sites for hydroxylation is 1. The van der Waals surface area contributed by atoms with Crippen LogP contribution in [-0.4, -0.2) is 47.4 Å². The van der Waals surface area contributed by atoms with E-state index in [-0.39, 0.29) is 6.10 Å². The van der Waals surface area contributed by atoms with E-state index in [2.05, 4.69) is 31.9 Å². The van der Waals surface area contributed by atoms with Crippen molar-refractivity contribution in [2.75, 3.05) is 20.7 Å². The predicted octanol–water partition coefficient (Wildman–Crippen LogP) is 3.36. The van der Waals surface area contributed by atoms with Crippen LogP contribution in [0.25, 0.3) is 5.65 Å². The fraction of sp³-hybridized carbons (Fsp3) is 0.458. The predicted molar refractivity (Wildman–Crippen MR) is 125 cm³/mol. The minimum Gasteiger partial charge on any atom is -0.493 e. The number of benzene rings is 1. The van der Waals surface area contributed by atoms with Gasteiger partial charge in [-0.15, -0.1) is 10.2 Å². The highest BCUT2D eigenvalue weighted by atomic mass is 16.5. The second-order valence-electron chi connectivity index (χ2n) is 7.97. The first-order chi connectivity index (χ1) is 15.8. The molecule has 8 nitrogen and oxygen atoms in total. The quantitative estimate of drug-likeness (QED) is 0.304. The first-order valence-corrected chi connectivity index (χ1v) is 11.3. The lowest BCUT2D eigenvalue weighted by molar-refractivity contribution is 0.198. The molecule has 0 spiro atoms. The Bertz CT molecular complexity index is 1040. The largest absolute Gasteiger partial charge is 0.493 e. The molecule has 1 saturated carbocycles. The van der Waals surface area contributed by atoms with Gasteiger partial charge in [0.05, 0.1) is 13.2 Å². The highest BCUT2D eigenvalue weighted by Crippen LogP contribution is 2.34. The van der Waals surface area contributed by atoms with Crippen molar-refractivity contribution in [3.8, 4) is 11.5 Å². The minimum absolute atomic E-state index is 0.274. The molecular weight excluding hydrogens is 404 g/mol. The van der Waals surface area contributed by atoms with Crippen molar-refractivity contribution in [3.05, 3.63) is 54.0 Å². The highest BCUT2D eigenvalue weighted by molar-refractivity contribution is 5.79. The standard InChI is InChI=1S/C24H32N6O2/c1-25-24(26-15-8-14-22-29-28-21-13-5-6-16-30(21)22)27-17-18-9-7-12-20(31-2)23(18)32-19-10-3-4-11-19/h5-7,9,12-13,16,19H,3-4,8,10-11,14-15,17H2,1-2H3,(H2,25,26,27). The molecule has 8 heteroatoms. The molecule has 0 amide bonds. The molecule has 2 aromatic heterocycles. The van der Waals surface area contributed by atoms with Crippen LogP contribution < -0.4 is 20.1 Å². The van der Waals surface area contributed by atoms with Crippen LogP contribution in [0.5, 0.6) is 11.5 Å². The molecule has 0 saturated heterocycles. The number of aromatic nitrogens is 3. The van der Waals surface area contributed by atoms with E-state index in [1.165, 1.54) is 12.8 Å².